The van der Waals surface area contributed by atoms with Crippen molar-refractivity contribution in [2.45, 2.75) is 18.9 Å². The topological polar surface area (TPSA) is 32.3 Å². The van der Waals surface area contributed by atoms with Gasteiger partial charge in [0.25, 0.3) is 0 Å². The molecule has 1 aliphatic heterocycles. The molecule has 0 saturated carbocycles. The number of carbonyl (C=O) groups excluding carboxylic acids is 1. The van der Waals surface area contributed by atoms with E-state index in [4.69, 9.17) is 11.6 Å². The second-order valence-corrected chi connectivity index (χ2v) is 3.36. The predicted molar refractivity (Wildman–Crippen MR) is 44.9 cm³/mol. The lowest BCUT2D eigenvalue weighted by Gasteiger charge is -2.29. The molecule has 0 aromatic heterocycles. The Balaban J connectivity index is 2.28. The van der Waals surface area contributed by atoms with Crippen LogP contribution >= 0.6 is 11.6 Å². The molecule has 3 nitrogen and oxygen atoms in total. The van der Waals surface area contributed by atoms with E-state index in [1.54, 1.807) is 0 Å². The van der Waals surface area contributed by atoms with E-state index in [1.165, 1.54) is 0 Å². The molecule has 11 heavy (non-hydrogen) atoms. The molecule has 0 radical (unpaired) electrons. The number of rotatable bonds is 1. The molecule has 64 valence electrons. The van der Waals surface area contributed by atoms with Gasteiger partial charge in [0.2, 0.25) is 0 Å². The van der Waals surface area contributed by atoms with Crippen molar-refractivity contribution in [3.8, 4) is 0 Å². The Bertz CT molecular complexity index is 151. The van der Waals surface area contributed by atoms with Crippen molar-refractivity contribution in [1.29, 1.82) is 0 Å². The maximum absolute atomic E-state index is 10.5. The summed E-state index contributed by atoms with van der Waals surface area (Å²) in [4.78, 5) is 12.6. The van der Waals surface area contributed by atoms with Crippen LogP contribution in [-0.2, 0) is 0 Å². The third-order valence-corrected chi connectivity index (χ3v) is 2.05. The SMILES string of the molecule is CN1CCCC(NC(=O)Cl)C1. The van der Waals surface area contributed by atoms with E-state index >= 15 is 0 Å². The molecule has 0 aliphatic carbocycles. The average Bonchev–Trinajstić information content (AvgIpc) is 1.85. The van der Waals surface area contributed by atoms with E-state index in [2.05, 4.69) is 10.2 Å². The van der Waals surface area contributed by atoms with Gasteiger partial charge in [-0.15, -0.1) is 0 Å². The second-order valence-electron chi connectivity index (χ2n) is 3.02. The molecule has 0 aromatic rings. The fourth-order valence-electron chi connectivity index (χ4n) is 1.44. The number of halogens is 1. The Hall–Kier alpha value is -0.280. The third-order valence-electron chi connectivity index (χ3n) is 1.94. The lowest BCUT2D eigenvalue weighted by atomic mass is 10.1. The van der Waals surface area contributed by atoms with Crippen molar-refractivity contribution >= 4 is 17.0 Å². The molecular formula is C7H13ClN2O. The highest BCUT2D eigenvalue weighted by Crippen LogP contribution is 2.07. The number of carbonyl (C=O) groups is 1. The zero-order valence-electron chi connectivity index (χ0n) is 6.64. The average molecular weight is 177 g/mol. The fraction of sp³-hybridized carbons (Fsp3) is 0.857. The zero-order valence-corrected chi connectivity index (χ0v) is 7.40. The molecular weight excluding hydrogens is 164 g/mol. The molecule has 1 N–H and O–H groups in total. The van der Waals surface area contributed by atoms with Gasteiger partial charge in [-0.25, -0.2) is 0 Å². The number of piperidine rings is 1. The molecule has 4 heteroatoms. The van der Waals surface area contributed by atoms with Crippen LogP contribution in [-0.4, -0.2) is 36.4 Å². The van der Waals surface area contributed by atoms with Crippen LogP contribution in [0.25, 0.3) is 0 Å². The van der Waals surface area contributed by atoms with Crippen LogP contribution in [0.3, 0.4) is 0 Å². The predicted octanol–water partition coefficient (Wildman–Crippen LogP) is 1.03. The van der Waals surface area contributed by atoms with Crippen molar-refractivity contribution in [3.05, 3.63) is 0 Å². The van der Waals surface area contributed by atoms with Gasteiger partial charge >= 0.3 is 5.37 Å². The van der Waals surface area contributed by atoms with Crippen LogP contribution in [0.1, 0.15) is 12.8 Å². The second kappa shape index (κ2) is 3.93. The van der Waals surface area contributed by atoms with Gasteiger partial charge in [0.15, 0.2) is 0 Å². The molecule has 1 amide bonds. The number of likely N-dealkylation sites (tertiary alicyclic amines) is 1. The number of hydrogen-bond acceptors (Lipinski definition) is 2. The lowest BCUT2D eigenvalue weighted by Crippen LogP contribution is -2.44. The van der Waals surface area contributed by atoms with Gasteiger partial charge in [-0.1, -0.05) is 0 Å². The monoisotopic (exact) mass is 176 g/mol. The zero-order chi connectivity index (χ0) is 8.27. The molecule has 0 bridgehead atoms. The van der Waals surface area contributed by atoms with Crippen LogP contribution in [0.4, 0.5) is 4.79 Å². The van der Waals surface area contributed by atoms with Crippen molar-refractivity contribution in [3.63, 3.8) is 0 Å². The van der Waals surface area contributed by atoms with Crippen molar-refractivity contribution in [2.24, 2.45) is 0 Å². The molecule has 0 spiro atoms. The Morgan fingerprint density at radius 1 is 1.73 bits per heavy atom. The Labute approximate surface area is 71.7 Å². The lowest BCUT2D eigenvalue weighted by molar-refractivity contribution is 0.221. The maximum atomic E-state index is 10.5. The minimum Gasteiger partial charge on any atom is -0.339 e. The summed E-state index contributed by atoms with van der Waals surface area (Å²) in [6, 6.07) is 0.249. The first-order valence-electron chi connectivity index (χ1n) is 3.83. The summed E-state index contributed by atoms with van der Waals surface area (Å²) in [6.07, 6.45) is 2.18. The first-order chi connectivity index (χ1) is 5.18. The van der Waals surface area contributed by atoms with E-state index in [9.17, 15) is 4.79 Å². The summed E-state index contributed by atoms with van der Waals surface area (Å²) in [5.74, 6) is 0. The Morgan fingerprint density at radius 3 is 3.00 bits per heavy atom. The van der Waals surface area contributed by atoms with Crippen molar-refractivity contribution in [2.75, 3.05) is 20.1 Å². The van der Waals surface area contributed by atoms with Gasteiger partial charge in [-0.3, -0.25) is 4.79 Å². The van der Waals surface area contributed by atoms with E-state index in [0.717, 1.165) is 25.9 Å². The third kappa shape index (κ3) is 3.08. The highest BCUT2D eigenvalue weighted by molar-refractivity contribution is 6.62. The quantitative estimate of drug-likeness (QED) is 0.478. The highest BCUT2D eigenvalue weighted by atomic mass is 35.5. The number of amides is 1. The summed E-state index contributed by atoms with van der Waals surface area (Å²) in [7, 11) is 2.05. The summed E-state index contributed by atoms with van der Waals surface area (Å²) < 4.78 is 0. The summed E-state index contributed by atoms with van der Waals surface area (Å²) >= 11 is 5.19. The van der Waals surface area contributed by atoms with E-state index in [0.29, 0.717) is 0 Å². The van der Waals surface area contributed by atoms with E-state index in [1.807, 2.05) is 7.05 Å². The Morgan fingerprint density at radius 2 is 2.45 bits per heavy atom. The van der Waals surface area contributed by atoms with Gasteiger partial charge in [0.05, 0.1) is 0 Å². The summed E-state index contributed by atoms with van der Waals surface area (Å²) in [6.45, 7) is 2.03. The van der Waals surface area contributed by atoms with Crippen LogP contribution in [0.2, 0.25) is 0 Å². The Kier molecular flexibility index (Phi) is 3.15. The van der Waals surface area contributed by atoms with Crippen molar-refractivity contribution in [1.82, 2.24) is 10.2 Å². The fourth-order valence-corrected chi connectivity index (χ4v) is 1.60. The van der Waals surface area contributed by atoms with Crippen LogP contribution in [0.15, 0.2) is 0 Å². The minimum atomic E-state index is -0.440. The van der Waals surface area contributed by atoms with Gasteiger partial charge in [0.1, 0.15) is 0 Å². The number of nitrogens with one attached hydrogen (secondary N) is 1. The molecule has 1 heterocycles. The summed E-state index contributed by atoms with van der Waals surface area (Å²) in [5.41, 5.74) is 0. The van der Waals surface area contributed by atoms with Gasteiger partial charge < -0.3 is 10.2 Å². The van der Waals surface area contributed by atoms with Crippen LogP contribution in [0.5, 0.6) is 0 Å². The van der Waals surface area contributed by atoms with Gasteiger partial charge in [0, 0.05) is 12.6 Å². The van der Waals surface area contributed by atoms with Gasteiger partial charge in [-0.05, 0) is 38.0 Å². The number of likely N-dealkylation sites (N-methyl/N-ethyl adjacent to an activating group) is 1. The van der Waals surface area contributed by atoms with Gasteiger partial charge in [-0.2, -0.15) is 0 Å². The molecule has 0 aromatic carbocycles. The molecule has 1 fully saturated rings. The molecule has 1 aliphatic rings. The molecule has 1 unspecified atom stereocenters. The van der Waals surface area contributed by atoms with Crippen LogP contribution < -0.4 is 5.32 Å². The van der Waals surface area contributed by atoms with Crippen LogP contribution in [0, 0.1) is 0 Å². The largest absolute Gasteiger partial charge is 0.339 e. The smallest absolute Gasteiger partial charge is 0.314 e. The summed E-state index contributed by atoms with van der Waals surface area (Å²) in [5, 5.41) is 2.26. The first-order valence-corrected chi connectivity index (χ1v) is 4.21. The number of hydrogen-bond donors (Lipinski definition) is 1. The maximum Gasteiger partial charge on any atom is 0.314 e. The standard InChI is InChI=1S/C7H13ClN2O/c1-10-4-2-3-6(5-10)9-7(8)11/h6H,2-5H2,1H3,(H,9,11). The first kappa shape index (κ1) is 8.81. The van der Waals surface area contributed by atoms with E-state index < -0.39 is 5.37 Å². The highest BCUT2D eigenvalue weighted by Gasteiger charge is 2.17. The molecule has 1 saturated heterocycles. The minimum absolute atomic E-state index is 0.249. The normalized spacial score (nSPS) is 26.5. The number of nitrogens with zero attached hydrogens (tertiary/aromatic N) is 1. The van der Waals surface area contributed by atoms with Crippen molar-refractivity contribution < 1.29 is 4.79 Å². The van der Waals surface area contributed by atoms with E-state index in [-0.39, 0.29) is 6.04 Å². The molecule has 1 rings (SSSR count). The molecule has 1 atom stereocenters.